The predicted octanol–water partition coefficient (Wildman–Crippen LogP) is 0.863. The minimum absolute atomic E-state index is 0.205. The predicted molar refractivity (Wildman–Crippen MR) is 69.8 cm³/mol. The third-order valence-corrected chi connectivity index (χ3v) is 2.76. The quantitative estimate of drug-likeness (QED) is 0.836. The molecule has 0 aliphatic carbocycles. The molecule has 2 rings (SSSR count). The van der Waals surface area contributed by atoms with Crippen LogP contribution in [0.3, 0.4) is 0 Å². The first kappa shape index (κ1) is 13.3. The number of aryl methyl sites for hydroxylation is 1. The molecule has 0 atom stereocenters. The SMILES string of the molecule is Cc1cnc(C(=O)NCCc2nncn2C(C)C)[nH]1. The van der Waals surface area contributed by atoms with Gasteiger partial charge in [-0.3, -0.25) is 4.79 Å². The van der Waals surface area contributed by atoms with Crippen LogP contribution < -0.4 is 5.32 Å². The molecule has 7 nitrogen and oxygen atoms in total. The standard InChI is InChI=1S/C12H18N6O/c1-8(2)18-7-15-17-10(18)4-5-13-12(19)11-14-6-9(3)16-11/h6-8H,4-5H2,1-3H3,(H,13,19)(H,14,16). The van der Waals surface area contributed by atoms with Gasteiger partial charge in [0.2, 0.25) is 0 Å². The van der Waals surface area contributed by atoms with Gasteiger partial charge in [0.15, 0.2) is 5.82 Å². The van der Waals surface area contributed by atoms with Crippen molar-refractivity contribution in [1.29, 1.82) is 0 Å². The number of nitrogens with one attached hydrogen (secondary N) is 2. The van der Waals surface area contributed by atoms with E-state index >= 15 is 0 Å². The van der Waals surface area contributed by atoms with Crippen LogP contribution in [0.15, 0.2) is 12.5 Å². The van der Waals surface area contributed by atoms with Crippen molar-refractivity contribution < 1.29 is 4.79 Å². The molecule has 0 aliphatic rings. The highest BCUT2D eigenvalue weighted by molar-refractivity contribution is 5.90. The van der Waals surface area contributed by atoms with E-state index in [-0.39, 0.29) is 5.91 Å². The van der Waals surface area contributed by atoms with E-state index in [9.17, 15) is 4.79 Å². The third-order valence-electron chi connectivity index (χ3n) is 2.76. The Bertz CT molecular complexity index is 556. The van der Waals surface area contributed by atoms with Gasteiger partial charge in [0, 0.05) is 30.9 Å². The molecule has 2 aromatic rings. The van der Waals surface area contributed by atoms with Crippen molar-refractivity contribution in [3.63, 3.8) is 0 Å². The van der Waals surface area contributed by atoms with Gasteiger partial charge in [0.1, 0.15) is 12.2 Å². The average Bonchev–Trinajstić information content (AvgIpc) is 2.97. The van der Waals surface area contributed by atoms with E-state index in [1.807, 2.05) is 11.5 Å². The number of carbonyl (C=O) groups excluding carboxylic acids is 1. The number of H-pyrrole nitrogens is 1. The van der Waals surface area contributed by atoms with Crippen LogP contribution in [0.25, 0.3) is 0 Å². The van der Waals surface area contributed by atoms with Crippen LogP contribution in [0.5, 0.6) is 0 Å². The zero-order valence-corrected chi connectivity index (χ0v) is 11.3. The normalized spacial score (nSPS) is 10.9. The van der Waals surface area contributed by atoms with Crippen LogP contribution in [-0.2, 0) is 6.42 Å². The molecule has 0 aromatic carbocycles. The molecule has 2 heterocycles. The maximum Gasteiger partial charge on any atom is 0.287 e. The summed E-state index contributed by atoms with van der Waals surface area (Å²) in [5, 5.41) is 10.7. The van der Waals surface area contributed by atoms with Crippen LogP contribution >= 0.6 is 0 Å². The second-order valence-electron chi connectivity index (χ2n) is 4.67. The fraction of sp³-hybridized carbons (Fsp3) is 0.500. The number of aromatic nitrogens is 5. The number of imidazole rings is 1. The highest BCUT2D eigenvalue weighted by Gasteiger charge is 2.10. The summed E-state index contributed by atoms with van der Waals surface area (Å²) >= 11 is 0. The molecule has 0 radical (unpaired) electrons. The highest BCUT2D eigenvalue weighted by atomic mass is 16.2. The lowest BCUT2D eigenvalue weighted by atomic mass is 10.3. The van der Waals surface area contributed by atoms with Crippen LogP contribution in [0, 0.1) is 6.92 Å². The van der Waals surface area contributed by atoms with E-state index < -0.39 is 0 Å². The molecular weight excluding hydrogens is 244 g/mol. The van der Waals surface area contributed by atoms with Crippen molar-refractivity contribution in [3.8, 4) is 0 Å². The van der Waals surface area contributed by atoms with Crippen LogP contribution in [0.1, 0.15) is 42.0 Å². The monoisotopic (exact) mass is 262 g/mol. The summed E-state index contributed by atoms with van der Waals surface area (Å²) in [6.07, 6.45) is 3.98. The second kappa shape index (κ2) is 5.64. The Balaban J connectivity index is 1.86. The number of amides is 1. The van der Waals surface area contributed by atoms with Gasteiger partial charge in [-0.1, -0.05) is 0 Å². The van der Waals surface area contributed by atoms with E-state index in [2.05, 4.69) is 39.3 Å². The van der Waals surface area contributed by atoms with E-state index in [1.54, 1.807) is 12.5 Å². The van der Waals surface area contributed by atoms with Gasteiger partial charge in [-0.25, -0.2) is 4.98 Å². The van der Waals surface area contributed by atoms with E-state index in [4.69, 9.17) is 0 Å². The summed E-state index contributed by atoms with van der Waals surface area (Å²) in [6, 6.07) is 0.313. The van der Waals surface area contributed by atoms with E-state index in [0.717, 1.165) is 11.5 Å². The molecule has 1 amide bonds. The molecule has 2 aromatic heterocycles. The summed E-state index contributed by atoms with van der Waals surface area (Å²) in [6.45, 7) is 6.49. The molecule has 19 heavy (non-hydrogen) atoms. The number of rotatable bonds is 5. The fourth-order valence-electron chi connectivity index (χ4n) is 1.78. The van der Waals surface area contributed by atoms with Crippen molar-refractivity contribution in [3.05, 3.63) is 29.9 Å². The van der Waals surface area contributed by atoms with Crippen molar-refractivity contribution >= 4 is 5.91 Å². The van der Waals surface area contributed by atoms with Gasteiger partial charge in [0.25, 0.3) is 5.91 Å². The van der Waals surface area contributed by atoms with E-state index in [1.165, 1.54) is 0 Å². The Hall–Kier alpha value is -2.18. The first-order valence-electron chi connectivity index (χ1n) is 6.26. The van der Waals surface area contributed by atoms with Crippen molar-refractivity contribution in [1.82, 2.24) is 30.0 Å². The third kappa shape index (κ3) is 3.18. The molecule has 0 aliphatic heterocycles. The van der Waals surface area contributed by atoms with Gasteiger partial charge in [0.05, 0.1) is 0 Å². The summed E-state index contributed by atoms with van der Waals surface area (Å²) in [4.78, 5) is 18.6. The van der Waals surface area contributed by atoms with Crippen LogP contribution in [0.2, 0.25) is 0 Å². The Morgan fingerprint density at radius 2 is 2.32 bits per heavy atom. The maximum absolute atomic E-state index is 11.8. The Labute approximate surface area is 111 Å². The first-order valence-corrected chi connectivity index (χ1v) is 6.26. The minimum atomic E-state index is -0.205. The molecule has 0 fully saturated rings. The molecular formula is C12H18N6O. The molecule has 2 N–H and O–H groups in total. The average molecular weight is 262 g/mol. The maximum atomic E-state index is 11.8. The Kier molecular flexibility index (Phi) is 3.94. The molecule has 0 bridgehead atoms. The molecule has 0 saturated carbocycles. The van der Waals surface area contributed by atoms with Gasteiger partial charge < -0.3 is 14.9 Å². The lowest BCUT2D eigenvalue weighted by Crippen LogP contribution is -2.27. The van der Waals surface area contributed by atoms with Crippen molar-refractivity contribution in [2.75, 3.05) is 6.54 Å². The minimum Gasteiger partial charge on any atom is -0.349 e. The Morgan fingerprint density at radius 3 is 2.95 bits per heavy atom. The number of nitrogens with zero attached hydrogens (tertiary/aromatic N) is 4. The summed E-state index contributed by atoms with van der Waals surface area (Å²) < 4.78 is 1.99. The largest absolute Gasteiger partial charge is 0.349 e. The summed E-state index contributed by atoms with van der Waals surface area (Å²) in [5.41, 5.74) is 0.865. The number of hydrogen-bond donors (Lipinski definition) is 2. The molecule has 0 unspecified atom stereocenters. The summed E-state index contributed by atoms with van der Waals surface area (Å²) in [7, 11) is 0. The summed E-state index contributed by atoms with van der Waals surface area (Å²) in [5.74, 6) is 0.998. The zero-order chi connectivity index (χ0) is 13.8. The molecule has 102 valence electrons. The Morgan fingerprint density at radius 1 is 1.53 bits per heavy atom. The van der Waals surface area contributed by atoms with Gasteiger partial charge in [-0.05, 0) is 20.8 Å². The van der Waals surface area contributed by atoms with Gasteiger partial charge in [-0.2, -0.15) is 0 Å². The highest BCUT2D eigenvalue weighted by Crippen LogP contribution is 2.06. The number of aromatic amines is 1. The number of carbonyl (C=O) groups is 1. The molecule has 0 spiro atoms. The first-order chi connectivity index (χ1) is 9.08. The van der Waals surface area contributed by atoms with Crippen molar-refractivity contribution in [2.45, 2.75) is 33.2 Å². The van der Waals surface area contributed by atoms with Gasteiger partial charge >= 0.3 is 0 Å². The fourth-order valence-corrected chi connectivity index (χ4v) is 1.78. The lowest BCUT2D eigenvalue weighted by molar-refractivity contribution is 0.0944. The number of hydrogen-bond acceptors (Lipinski definition) is 4. The molecule has 0 saturated heterocycles. The smallest absolute Gasteiger partial charge is 0.287 e. The van der Waals surface area contributed by atoms with Gasteiger partial charge in [-0.15, -0.1) is 10.2 Å². The van der Waals surface area contributed by atoms with Crippen LogP contribution in [0.4, 0.5) is 0 Å². The van der Waals surface area contributed by atoms with Crippen LogP contribution in [-0.4, -0.2) is 37.2 Å². The molecule has 7 heteroatoms. The second-order valence-corrected chi connectivity index (χ2v) is 4.67. The van der Waals surface area contributed by atoms with E-state index in [0.29, 0.717) is 24.8 Å². The lowest BCUT2D eigenvalue weighted by Gasteiger charge is -2.09. The zero-order valence-electron chi connectivity index (χ0n) is 11.3. The topological polar surface area (TPSA) is 88.5 Å². The van der Waals surface area contributed by atoms with Crippen molar-refractivity contribution in [2.24, 2.45) is 0 Å².